The quantitative estimate of drug-likeness (QED) is 0.0261. The first-order valence-corrected chi connectivity index (χ1v) is 33.7. The first-order valence-electron chi connectivity index (χ1n) is 33.7. The van der Waals surface area contributed by atoms with E-state index in [-0.39, 0.29) is 44.0 Å². The van der Waals surface area contributed by atoms with Gasteiger partial charge in [0.05, 0.1) is 0 Å². The van der Waals surface area contributed by atoms with Crippen molar-refractivity contribution in [2.75, 3.05) is 13.2 Å². The first-order chi connectivity index (χ1) is 40.0. The topological polar surface area (TPSA) is 78.9 Å². The van der Waals surface area contributed by atoms with Gasteiger partial charge < -0.3 is 14.2 Å². The van der Waals surface area contributed by atoms with Crippen LogP contribution in [0.4, 0.5) is 0 Å². The van der Waals surface area contributed by atoms with E-state index < -0.39 is 6.10 Å². The van der Waals surface area contributed by atoms with Crippen LogP contribution in [0.15, 0.2) is 134 Å². The van der Waals surface area contributed by atoms with E-state index in [1.54, 1.807) is 0 Å². The molecule has 0 spiro atoms. The molecule has 0 aliphatic heterocycles. The summed E-state index contributed by atoms with van der Waals surface area (Å²) in [7, 11) is 0. The minimum atomic E-state index is -0.825. The van der Waals surface area contributed by atoms with Crippen molar-refractivity contribution in [3.63, 3.8) is 0 Å². The van der Waals surface area contributed by atoms with Crippen molar-refractivity contribution in [1.82, 2.24) is 0 Å². The van der Waals surface area contributed by atoms with E-state index >= 15 is 0 Å². The van der Waals surface area contributed by atoms with Gasteiger partial charge in [-0.05, 0) is 103 Å². The molecule has 1 atom stereocenters. The minimum Gasteiger partial charge on any atom is -0.462 e. The van der Waals surface area contributed by atoms with Gasteiger partial charge in [0, 0.05) is 19.3 Å². The third-order valence-electron chi connectivity index (χ3n) is 14.2. The van der Waals surface area contributed by atoms with Crippen LogP contribution in [0.1, 0.15) is 303 Å². The summed E-state index contributed by atoms with van der Waals surface area (Å²) in [6, 6.07) is 0. The molecule has 0 N–H and O–H groups in total. The predicted molar refractivity (Wildman–Crippen MR) is 353 cm³/mol. The molecule has 0 amide bonds. The van der Waals surface area contributed by atoms with Crippen molar-refractivity contribution in [2.24, 2.45) is 0 Å². The number of hydrogen-bond donors (Lipinski definition) is 0. The molecule has 81 heavy (non-hydrogen) atoms. The van der Waals surface area contributed by atoms with Crippen LogP contribution in [0, 0.1) is 0 Å². The number of rotatable bonds is 60. The van der Waals surface area contributed by atoms with Crippen LogP contribution in [0.25, 0.3) is 0 Å². The van der Waals surface area contributed by atoms with Gasteiger partial charge in [-0.1, -0.05) is 315 Å². The van der Waals surface area contributed by atoms with Crippen molar-refractivity contribution < 1.29 is 28.6 Å². The maximum absolute atomic E-state index is 12.9. The van der Waals surface area contributed by atoms with E-state index in [0.29, 0.717) is 12.8 Å². The summed E-state index contributed by atoms with van der Waals surface area (Å²) >= 11 is 0. The minimum absolute atomic E-state index is 0.111. The molecule has 460 valence electrons. The van der Waals surface area contributed by atoms with E-state index in [0.717, 1.165) is 128 Å². The molecule has 0 heterocycles. The van der Waals surface area contributed by atoms with E-state index in [4.69, 9.17) is 14.2 Å². The summed E-state index contributed by atoms with van der Waals surface area (Å²) in [6.45, 7) is 6.36. The normalized spacial score (nSPS) is 13.0. The molecule has 0 aliphatic carbocycles. The summed E-state index contributed by atoms with van der Waals surface area (Å²) < 4.78 is 16.9. The lowest BCUT2D eigenvalue weighted by atomic mass is 10.0. The summed E-state index contributed by atoms with van der Waals surface area (Å²) in [5, 5.41) is 0. The Morgan fingerprint density at radius 2 is 0.506 bits per heavy atom. The zero-order valence-corrected chi connectivity index (χ0v) is 52.8. The third kappa shape index (κ3) is 66.2. The highest BCUT2D eigenvalue weighted by Gasteiger charge is 2.19. The zero-order chi connectivity index (χ0) is 58.5. The Hall–Kier alpha value is -4.45. The lowest BCUT2D eigenvalue weighted by Crippen LogP contribution is -2.30. The van der Waals surface area contributed by atoms with Crippen LogP contribution in [0.3, 0.4) is 0 Å². The van der Waals surface area contributed by atoms with Crippen molar-refractivity contribution >= 4 is 17.9 Å². The summed E-state index contributed by atoms with van der Waals surface area (Å²) in [5.41, 5.74) is 0. The number of ether oxygens (including phenoxy) is 3. The SMILES string of the molecule is CC/C=C\C/C=C\C/C=C\C/C=C\C/C=C\C/C=C\CCC(=O)OCC(COC(=O)CCCCCCCCCCCCCCCCCCCCCCCCC)OC(=O)CCCCCCC/C=C\C/C=C\C/C=C\C/C=C\C/C=C\CC. The van der Waals surface area contributed by atoms with Gasteiger partial charge in [0.15, 0.2) is 6.10 Å². The second kappa shape index (κ2) is 68.1. The molecular formula is C75H124O6. The Bertz CT molecular complexity index is 1720. The maximum atomic E-state index is 12.9. The second-order valence-corrected chi connectivity index (χ2v) is 22.0. The number of esters is 3. The molecule has 0 aromatic rings. The van der Waals surface area contributed by atoms with E-state index in [9.17, 15) is 14.4 Å². The number of unbranched alkanes of at least 4 members (excludes halogenated alkanes) is 27. The molecular weight excluding hydrogens is 997 g/mol. The van der Waals surface area contributed by atoms with Gasteiger partial charge >= 0.3 is 17.9 Å². The maximum Gasteiger partial charge on any atom is 0.306 e. The summed E-state index contributed by atoms with van der Waals surface area (Å²) in [5.74, 6) is -1.01. The first kappa shape index (κ1) is 76.5. The lowest BCUT2D eigenvalue weighted by molar-refractivity contribution is -0.166. The van der Waals surface area contributed by atoms with E-state index in [2.05, 4.69) is 148 Å². The third-order valence-corrected chi connectivity index (χ3v) is 14.2. The van der Waals surface area contributed by atoms with Gasteiger partial charge in [0.25, 0.3) is 0 Å². The molecule has 0 rings (SSSR count). The van der Waals surface area contributed by atoms with Crippen LogP contribution in [0.5, 0.6) is 0 Å². The van der Waals surface area contributed by atoms with Gasteiger partial charge in [-0.2, -0.15) is 0 Å². The molecule has 1 unspecified atom stereocenters. The van der Waals surface area contributed by atoms with E-state index in [1.165, 1.54) is 128 Å². The van der Waals surface area contributed by atoms with Crippen molar-refractivity contribution in [3.8, 4) is 0 Å². The van der Waals surface area contributed by atoms with Crippen LogP contribution in [-0.2, 0) is 28.6 Å². The zero-order valence-electron chi connectivity index (χ0n) is 52.8. The molecule has 0 aromatic heterocycles. The standard InChI is InChI=1S/C75H124O6/c1-4-7-10-13-16-19-22-25-28-31-34-36-37-39-41-44-47-50-53-56-59-62-65-68-74(77)80-71-72(70-79-73(76)67-64-61-58-55-52-49-46-43-40-33-30-27-24-21-18-15-12-9-6-3)81-75(78)69-66-63-60-57-54-51-48-45-42-38-35-32-29-26-23-20-17-14-11-8-5-2/h8-9,11-12,17-18,20-21,26-27,29-30,35,38,40,43,45,48-49,52,58,61,72H,4-7,10,13-16,19,22-25,28,31-34,36-37,39,41-42,44,46-47,50-51,53-57,59-60,62-71H2,1-3H3/b11-8-,12-9-,20-17-,21-18-,29-26-,30-27-,38-35-,43-40-,48-45-,52-49-,61-58-. The molecule has 6 nitrogen and oxygen atoms in total. The van der Waals surface area contributed by atoms with Gasteiger partial charge in [-0.3, -0.25) is 14.4 Å². The van der Waals surface area contributed by atoms with Crippen LogP contribution < -0.4 is 0 Å². The number of allylic oxidation sites excluding steroid dienone is 22. The molecule has 6 heteroatoms. The molecule has 0 radical (unpaired) electrons. The summed E-state index contributed by atoms with van der Waals surface area (Å²) in [6.07, 6.45) is 96.2. The number of hydrogen-bond acceptors (Lipinski definition) is 6. The average molecular weight is 1120 g/mol. The van der Waals surface area contributed by atoms with Crippen LogP contribution >= 0.6 is 0 Å². The molecule has 0 aromatic carbocycles. The summed E-state index contributed by atoms with van der Waals surface area (Å²) in [4.78, 5) is 38.4. The van der Waals surface area contributed by atoms with Crippen LogP contribution in [0.2, 0.25) is 0 Å². The molecule has 0 fully saturated rings. The Morgan fingerprint density at radius 3 is 0.827 bits per heavy atom. The van der Waals surface area contributed by atoms with Crippen molar-refractivity contribution in [2.45, 2.75) is 309 Å². The highest BCUT2D eigenvalue weighted by molar-refractivity contribution is 5.71. The van der Waals surface area contributed by atoms with Crippen LogP contribution in [-0.4, -0.2) is 37.2 Å². The smallest absolute Gasteiger partial charge is 0.306 e. The molecule has 0 saturated heterocycles. The number of carbonyl (C=O) groups excluding carboxylic acids is 3. The average Bonchev–Trinajstić information content (AvgIpc) is 3.47. The highest BCUT2D eigenvalue weighted by atomic mass is 16.6. The van der Waals surface area contributed by atoms with Gasteiger partial charge in [-0.25, -0.2) is 0 Å². The fourth-order valence-corrected chi connectivity index (χ4v) is 9.20. The van der Waals surface area contributed by atoms with Gasteiger partial charge in [-0.15, -0.1) is 0 Å². The second-order valence-electron chi connectivity index (χ2n) is 22.0. The Morgan fingerprint density at radius 1 is 0.259 bits per heavy atom. The Kier molecular flexibility index (Phi) is 64.3. The molecule has 0 bridgehead atoms. The van der Waals surface area contributed by atoms with Crippen molar-refractivity contribution in [1.29, 1.82) is 0 Å². The highest BCUT2D eigenvalue weighted by Crippen LogP contribution is 2.17. The van der Waals surface area contributed by atoms with Gasteiger partial charge in [0.2, 0.25) is 0 Å². The largest absolute Gasteiger partial charge is 0.462 e. The number of carbonyl (C=O) groups is 3. The van der Waals surface area contributed by atoms with Gasteiger partial charge in [0.1, 0.15) is 13.2 Å². The Labute approximate surface area is 500 Å². The Balaban J connectivity index is 4.49. The fourth-order valence-electron chi connectivity index (χ4n) is 9.20. The molecule has 0 saturated carbocycles. The molecule has 0 aliphatic rings. The van der Waals surface area contributed by atoms with E-state index in [1.807, 2.05) is 6.08 Å². The lowest BCUT2D eigenvalue weighted by Gasteiger charge is -2.18. The fraction of sp³-hybridized carbons (Fsp3) is 0.667. The monoisotopic (exact) mass is 1120 g/mol. The van der Waals surface area contributed by atoms with Crippen molar-refractivity contribution in [3.05, 3.63) is 134 Å². The predicted octanol–water partition coefficient (Wildman–Crippen LogP) is 23.3.